The van der Waals surface area contributed by atoms with Crippen molar-refractivity contribution in [3.8, 4) is 5.75 Å². The van der Waals surface area contributed by atoms with Gasteiger partial charge in [0.2, 0.25) is 34.8 Å². The molecule has 0 aliphatic heterocycles. The number of hydrogen-bond donors (Lipinski definition) is 0. The van der Waals surface area contributed by atoms with Crippen molar-refractivity contribution in [2.75, 3.05) is 126 Å². The van der Waals surface area contributed by atoms with E-state index in [1.54, 1.807) is 0 Å². The number of methoxy groups -OCH3 is 1. The Morgan fingerprint density at radius 2 is 0.617 bits per heavy atom. The van der Waals surface area contributed by atoms with Crippen LogP contribution in [0.3, 0.4) is 0 Å². The lowest BCUT2D eigenvalue weighted by molar-refractivity contribution is -0.142. The molecule has 0 bridgehead atoms. The zero-order valence-corrected chi connectivity index (χ0v) is 26.3. The van der Waals surface area contributed by atoms with E-state index in [-0.39, 0.29) is 38.8 Å². The van der Waals surface area contributed by atoms with Crippen LogP contribution < -0.4 is 4.74 Å². The van der Waals surface area contributed by atoms with Crippen LogP contribution in [0.5, 0.6) is 5.75 Å². The maximum absolute atomic E-state index is 13.5. The third kappa shape index (κ3) is 21.1. The van der Waals surface area contributed by atoms with Gasteiger partial charge in [-0.2, -0.15) is 8.78 Å². The Morgan fingerprint density at radius 3 is 0.894 bits per heavy atom. The molecule has 0 aromatic heterocycles. The molecular weight excluding hydrogens is 651 g/mol. The van der Waals surface area contributed by atoms with E-state index in [0.717, 1.165) is 0 Å². The first kappa shape index (κ1) is 42.5. The second-order valence-electron chi connectivity index (χ2n) is 8.96. The van der Waals surface area contributed by atoms with Crippen LogP contribution in [0, 0.1) is 29.1 Å². The summed E-state index contributed by atoms with van der Waals surface area (Å²) < 4.78 is 123. The highest BCUT2D eigenvalue weighted by atomic mass is 19.2. The van der Waals surface area contributed by atoms with Crippen LogP contribution in [0.15, 0.2) is 0 Å². The van der Waals surface area contributed by atoms with Crippen LogP contribution >= 0.6 is 0 Å². The summed E-state index contributed by atoms with van der Waals surface area (Å²) in [6, 6.07) is 0. The van der Waals surface area contributed by atoms with Crippen molar-refractivity contribution < 1.29 is 83.6 Å². The number of ether oxygens (including phenoxy) is 11. The van der Waals surface area contributed by atoms with E-state index in [1.165, 1.54) is 7.11 Å². The molecule has 0 amide bonds. The van der Waals surface area contributed by atoms with Crippen molar-refractivity contribution in [1.29, 1.82) is 0 Å². The van der Waals surface area contributed by atoms with Crippen LogP contribution in [0.1, 0.15) is 12.8 Å². The molecule has 0 saturated carbocycles. The molecule has 0 radical (unpaired) electrons. The van der Waals surface area contributed by atoms with Gasteiger partial charge in [-0.15, -0.1) is 0 Å². The number of rotatable bonds is 31. The van der Waals surface area contributed by atoms with Crippen molar-refractivity contribution in [1.82, 2.24) is 0 Å². The molecule has 13 nitrogen and oxygen atoms in total. The van der Waals surface area contributed by atoms with E-state index in [9.17, 15) is 31.5 Å². The molecule has 0 saturated heterocycles. The molecular formula is C29H43F5O13. The van der Waals surface area contributed by atoms with Crippen LogP contribution in [0.25, 0.3) is 0 Å². The Hall–Kier alpha value is -2.55. The van der Waals surface area contributed by atoms with Gasteiger partial charge in [0.05, 0.1) is 139 Å². The summed E-state index contributed by atoms with van der Waals surface area (Å²) in [7, 11) is 1.33. The normalized spacial score (nSPS) is 11.3. The van der Waals surface area contributed by atoms with Gasteiger partial charge in [0.1, 0.15) is 0 Å². The van der Waals surface area contributed by atoms with E-state index in [1.807, 2.05) is 0 Å². The number of esters is 2. The van der Waals surface area contributed by atoms with Gasteiger partial charge in [-0.05, 0) is 0 Å². The largest absolute Gasteiger partial charge is 0.469 e. The smallest absolute Gasteiger partial charge is 0.313 e. The van der Waals surface area contributed by atoms with Crippen molar-refractivity contribution in [3.63, 3.8) is 0 Å². The van der Waals surface area contributed by atoms with Gasteiger partial charge in [-0.1, -0.05) is 0 Å². The fourth-order valence-corrected chi connectivity index (χ4v) is 3.11. The van der Waals surface area contributed by atoms with E-state index in [0.29, 0.717) is 92.5 Å². The third-order valence-electron chi connectivity index (χ3n) is 5.49. The molecule has 0 aliphatic carbocycles. The molecule has 0 spiro atoms. The van der Waals surface area contributed by atoms with Crippen LogP contribution in [0.4, 0.5) is 22.0 Å². The highest BCUT2D eigenvalue weighted by Gasteiger charge is 2.28. The Labute approximate surface area is 269 Å². The second kappa shape index (κ2) is 28.5. The molecule has 0 aliphatic rings. The highest BCUT2D eigenvalue weighted by molar-refractivity contribution is 5.72. The van der Waals surface area contributed by atoms with E-state index >= 15 is 0 Å². The number of halogens is 5. The number of carbonyl (C=O) groups is 2. The van der Waals surface area contributed by atoms with Gasteiger partial charge >= 0.3 is 11.9 Å². The van der Waals surface area contributed by atoms with Gasteiger partial charge in [-0.25, -0.2) is 13.2 Å². The zero-order chi connectivity index (χ0) is 34.5. The maximum atomic E-state index is 13.5. The quantitative estimate of drug-likeness (QED) is 0.0281. The summed E-state index contributed by atoms with van der Waals surface area (Å²) in [5, 5.41) is 0. The van der Waals surface area contributed by atoms with E-state index in [4.69, 9.17) is 42.6 Å². The molecule has 0 atom stereocenters. The monoisotopic (exact) mass is 694 g/mol. The predicted molar refractivity (Wildman–Crippen MR) is 150 cm³/mol. The fourth-order valence-electron chi connectivity index (χ4n) is 3.11. The summed E-state index contributed by atoms with van der Waals surface area (Å²) >= 11 is 0. The molecule has 0 N–H and O–H groups in total. The van der Waals surface area contributed by atoms with Crippen molar-refractivity contribution in [3.05, 3.63) is 29.1 Å². The molecule has 0 heterocycles. The molecule has 47 heavy (non-hydrogen) atoms. The Kier molecular flexibility index (Phi) is 25.7. The number of benzene rings is 1. The lowest BCUT2D eigenvalue weighted by Gasteiger charge is -2.09. The van der Waals surface area contributed by atoms with Crippen molar-refractivity contribution >= 4 is 11.9 Å². The van der Waals surface area contributed by atoms with Gasteiger partial charge in [0.15, 0.2) is 0 Å². The Morgan fingerprint density at radius 1 is 0.383 bits per heavy atom. The third-order valence-corrected chi connectivity index (χ3v) is 5.49. The molecule has 1 aromatic rings. The van der Waals surface area contributed by atoms with E-state index < -0.39 is 47.2 Å². The first-order valence-electron chi connectivity index (χ1n) is 14.8. The number of carbonyl (C=O) groups excluding carboxylic acids is 2. The minimum absolute atomic E-state index is 0.0766. The molecule has 1 aromatic carbocycles. The molecule has 1 rings (SSSR count). The summed E-state index contributed by atoms with van der Waals surface area (Å²) in [5.41, 5.74) is 0. The lowest BCUT2D eigenvalue weighted by atomic mass is 10.2. The molecule has 272 valence electrons. The first-order chi connectivity index (χ1) is 22.8. The predicted octanol–water partition coefficient (Wildman–Crippen LogP) is 2.39. The van der Waals surface area contributed by atoms with Gasteiger partial charge in [-0.3, -0.25) is 9.59 Å². The topological polar surface area (TPSA) is 136 Å². The Balaban J connectivity index is 1.77. The average molecular weight is 695 g/mol. The molecule has 18 heteroatoms. The minimum Gasteiger partial charge on any atom is -0.469 e. The van der Waals surface area contributed by atoms with Gasteiger partial charge in [0.25, 0.3) is 0 Å². The summed E-state index contributed by atoms with van der Waals surface area (Å²) in [6.07, 6.45) is -0.274. The van der Waals surface area contributed by atoms with Crippen LogP contribution in [-0.4, -0.2) is 138 Å². The lowest BCUT2D eigenvalue weighted by Crippen LogP contribution is -2.16. The Bertz CT molecular complexity index is 961. The fraction of sp³-hybridized carbons (Fsp3) is 0.724. The van der Waals surface area contributed by atoms with Crippen LogP contribution in [0.2, 0.25) is 0 Å². The van der Waals surface area contributed by atoms with Crippen LogP contribution in [-0.2, 0) is 57.0 Å². The molecule has 0 unspecified atom stereocenters. The minimum atomic E-state index is -2.35. The molecule has 0 fully saturated rings. The first-order valence-corrected chi connectivity index (χ1v) is 14.8. The van der Waals surface area contributed by atoms with E-state index in [2.05, 4.69) is 9.47 Å². The average Bonchev–Trinajstić information content (AvgIpc) is 3.07. The summed E-state index contributed by atoms with van der Waals surface area (Å²) in [5.74, 6) is -14.5. The highest BCUT2D eigenvalue weighted by Crippen LogP contribution is 2.29. The van der Waals surface area contributed by atoms with Gasteiger partial charge < -0.3 is 52.1 Å². The second-order valence-corrected chi connectivity index (χ2v) is 8.96. The van der Waals surface area contributed by atoms with Crippen molar-refractivity contribution in [2.24, 2.45) is 0 Å². The zero-order valence-electron chi connectivity index (χ0n) is 26.3. The van der Waals surface area contributed by atoms with Crippen molar-refractivity contribution in [2.45, 2.75) is 12.8 Å². The SMILES string of the molecule is COC(=O)CCOCCOCCOCCOCCOCCOCCOCCOCCOCCC(=O)Oc1c(F)c(F)c(F)c(F)c1F. The summed E-state index contributed by atoms with van der Waals surface area (Å²) in [4.78, 5) is 22.5. The number of hydrogen-bond acceptors (Lipinski definition) is 13. The summed E-state index contributed by atoms with van der Waals surface area (Å²) in [6.45, 7) is 5.78. The maximum Gasteiger partial charge on any atom is 0.313 e. The standard InChI is InChI=1S/C29H43F5O13/c1-37-22(35)2-4-38-6-8-40-10-12-42-14-16-44-18-20-46-21-19-45-17-15-43-13-11-41-9-7-39-5-3-23(36)47-29-27(33)25(31)24(30)26(32)28(29)34/h2-21H2,1H3. The van der Waals surface area contributed by atoms with Gasteiger partial charge in [0, 0.05) is 0 Å².